The van der Waals surface area contributed by atoms with Gasteiger partial charge in [0.1, 0.15) is 17.0 Å². The highest BCUT2D eigenvalue weighted by Crippen LogP contribution is 2.38. The molecule has 0 saturated carbocycles. The van der Waals surface area contributed by atoms with Crippen molar-refractivity contribution in [1.82, 2.24) is 14.9 Å². The van der Waals surface area contributed by atoms with Gasteiger partial charge in [-0.2, -0.15) is 0 Å². The molecule has 3 heterocycles. The van der Waals surface area contributed by atoms with Crippen LogP contribution >= 0.6 is 11.3 Å². The molecular formula is C19H26N4O2S. The molecule has 0 unspecified atom stereocenters. The molecule has 0 bridgehead atoms. The van der Waals surface area contributed by atoms with E-state index in [2.05, 4.69) is 15.3 Å². The molecule has 4 rings (SSSR count). The highest BCUT2D eigenvalue weighted by atomic mass is 32.1. The Labute approximate surface area is 158 Å². The second-order valence-corrected chi connectivity index (χ2v) is 8.54. The van der Waals surface area contributed by atoms with E-state index in [1.807, 2.05) is 25.2 Å². The van der Waals surface area contributed by atoms with Crippen molar-refractivity contribution in [3.63, 3.8) is 0 Å². The lowest BCUT2D eigenvalue weighted by Gasteiger charge is -2.32. The van der Waals surface area contributed by atoms with Gasteiger partial charge in [-0.25, -0.2) is 14.8 Å². The minimum absolute atomic E-state index is 0.0718. The first kappa shape index (κ1) is 17.5. The smallest absolute Gasteiger partial charge is 0.410 e. The standard InChI is InChI=1S/C19H26N4O2S/c1-12(2)25-19(24)23-9-7-13(8-10-23)22-17-16-14-5-3-4-6-15(14)26-18(16)21-11-20-17/h11-13H,3-10H2,1-2H3,(H,20,21,22). The molecular weight excluding hydrogens is 348 g/mol. The number of amides is 1. The molecule has 0 aromatic carbocycles. The van der Waals surface area contributed by atoms with Crippen LogP contribution in [0.2, 0.25) is 0 Å². The number of nitrogens with zero attached hydrogens (tertiary/aromatic N) is 3. The Balaban J connectivity index is 1.46. The van der Waals surface area contributed by atoms with Gasteiger partial charge in [-0.1, -0.05) is 0 Å². The van der Waals surface area contributed by atoms with Gasteiger partial charge < -0.3 is 15.0 Å². The number of piperidine rings is 1. The average Bonchev–Trinajstić information content (AvgIpc) is 3.01. The van der Waals surface area contributed by atoms with E-state index in [4.69, 9.17) is 4.74 Å². The van der Waals surface area contributed by atoms with Crippen LogP contribution < -0.4 is 5.32 Å². The zero-order valence-electron chi connectivity index (χ0n) is 15.5. The van der Waals surface area contributed by atoms with E-state index in [-0.39, 0.29) is 12.2 Å². The summed E-state index contributed by atoms with van der Waals surface area (Å²) >= 11 is 1.83. The summed E-state index contributed by atoms with van der Waals surface area (Å²) in [6.45, 7) is 5.21. The molecule has 0 atom stereocenters. The van der Waals surface area contributed by atoms with Crippen molar-refractivity contribution in [2.24, 2.45) is 0 Å². The monoisotopic (exact) mass is 374 g/mol. The summed E-state index contributed by atoms with van der Waals surface area (Å²) < 4.78 is 5.30. The Morgan fingerprint density at radius 1 is 1.27 bits per heavy atom. The summed E-state index contributed by atoms with van der Waals surface area (Å²) in [5.74, 6) is 0.970. The topological polar surface area (TPSA) is 67.3 Å². The van der Waals surface area contributed by atoms with Gasteiger partial charge in [0.15, 0.2) is 0 Å². The van der Waals surface area contributed by atoms with Gasteiger partial charge in [-0.05, 0) is 57.9 Å². The number of hydrogen-bond donors (Lipinski definition) is 1. The maximum atomic E-state index is 12.0. The summed E-state index contributed by atoms with van der Waals surface area (Å²) in [4.78, 5) is 25.5. The second-order valence-electron chi connectivity index (χ2n) is 7.45. The Hall–Kier alpha value is -1.89. The lowest BCUT2D eigenvalue weighted by molar-refractivity contribution is 0.0701. The maximum absolute atomic E-state index is 12.0. The first-order valence-corrected chi connectivity index (χ1v) is 10.4. The fraction of sp³-hybridized carbons (Fsp3) is 0.632. The molecule has 1 saturated heterocycles. The number of aryl methyl sites for hydroxylation is 2. The predicted octanol–water partition coefficient (Wildman–Crippen LogP) is 3.99. The van der Waals surface area contributed by atoms with E-state index in [9.17, 15) is 4.79 Å². The number of anilines is 1. The van der Waals surface area contributed by atoms with Crippen molar-refractivity contribution < 1.29 is 9.53 Å². The van der Waals surface area contributed by atoms with Crippen molar-refractivity contribution in [2.45, 2.75) is 64.5 Å². The van der Waals surface area contributed by atoms with Crippen molar-refractivity contribution >= 4 is 33.5 Å². The molecule has 2 aromatic heterocycles. The molecule has 1 fully saturated rings. The third-order valence-electron chi connectivity index (χ3n) is 5.18. The van der Waals surface area contributed by atoms with Crippen LogP contribution in [0.25, 0.3) is 10.2 Å². The third-order valence-corrected chi connectivity index (χ3v) is 6.38. The number of fused-ring (bicyclic) bond motifs is 3. The molecule has 0 spiro atoms. The summed E-state index contributed by atoms with van der Waals surface area (Å²) in [6, 6.07) is 0.329. The quantitative estimate of drug-likeness (QED) is 0.880. The molecule has 6 nitrogen and oxygen atoms in total. The largest absolute Gasteiger partial charge is 0.447 e. The van der Waals surface area contributed by atoms with E-state index in [0.29, 0.717) is 6.04 Å². The SMILES string of the molecule is CC(C)OC(=O)N1CCC(Nc2ncnc3sc4c(c23)CCCC4)CC1. The average molecular weight is 375 g/mol. The summed E-state index contributed by atoms with van der Waals surface area (Å²) in [5.41, 5.74) is 1.46. The van der Waals surface area contributed by atoms with E-state index in [1.54, 1.807) is 11.2 Å². The lowest BCUT2D eigenvalue weighted by Crippen LogP contribution is -2.43. The van der Waals surface area contributed by atoms with Gasteiger partial charge in [0.2, 0.25) is 0 Å². The van der Waals surface area contributed by atoms with Gasteiger partial charge in [0.05, 0.1) is 11.5 Å². The highest BCUT2D eigenvalue weighted by Gasteiger charge is 2.26. The van der Waals surface area contributed by atoms with Gasteiger partial charge in [-0.3, -0.25) is 0 Å². The Bertz CT molecular complexity index is 796. The van der Waals surface area contributed by atoms with E-state index >= 15 is 0 Å². The van der Waals surface area contributed by atoms with Crippen LogP contribution in [-0.4, -0.2) is 46.2 Å². The molecule has 26 heavy (non-hydrogen) atoms. The summed E-state index contributed by atoms with van der Waals surface area (Å²) in [5, 5.41) is 4.87. The van der Waals surface area contributed by atoms with Crippen molar-refractivity contribution in [1.29, 1.82) is 0 Å². The van der Waals surface area contributed by atoms with Crippen molar-refractivity contribution in [2.75, 3.05) is 18.4 Å². The zero-order chi connectivity index (χ0) is 18.1. The van der Waals surface area contributed by atoms with E-state index in [1.165, 1.54) is 35.1 Å². The number of ether oxygens (including phenoxy) is 1. The molecule has 2 aromatic rings. The fourth-order valence-corrected chi connectivity index (χ4v) is 5.10. The zero-order valence-corrected chi connectivity index (χ0v) is 16.3. The first-order chi connectivity index (χ1) is 12.6. The van der Waals surface area contributed by atoms with Crippen LogP contribution in [0.4, 0.5) is 10.6 Å². The number of nitrogens with one attached hydrogen (secondary N) is 1. The minimum atomic E-state index is -0.199. The van der Waals surface area contributed by atoms with Crippen molar-refractivity contribution in [3.8, 4) is 0 Å². The maximum Gasteiger partial charge on any atom is 0.410 e. The van der Waals surface area contributed by atoms with Gasteiger partial charge >= 0.3 is 6.09 Å². The molecule has 1 amide bonds. The normalized spacial score (nSPS) is 18.2. The summed E-state index contributed by atoms with van der Waals surface area (Å²) in [7, 11) is 0. The number of aromatic nitrogens is 2. The number of rotatable bonds is 3. The predicted molar refractivity (Wildman–Crippen MR) is 104 cm³/mol. The molecule has 1 N–H and O–H groups in total. The van der Waals surface area contributed by atoms with Crippen LogP contribution in [0.5, 0.6) is 0 Å². The number of likely N-dealkylation sites (tertiary alicyclic amines) is 1. The number of thiophene rings is 1. The Kier molecular flexibility index (Phi) is 4.98. The summed E-state index contributed by atoms with van der Waals surface area (Å²) in [6.07, 6.45) is 8.05. The molecule has 7 heteroatoms. The van der Waals surface area contributed by atoms with Crippen LogP contribution in [0.1, 0.15) is 50.0 Å². The minimum Gasteiger partial charge on any atom is -0.447 e. The van der Waals surface area contributed by atoms with E-state index < -0.39 is 0 Å². The Morgan fingerprint density at radius 2 is 2.04 bits per heavy atom. The van der Waals surface area contributed by atoms with Crippen molar-refractivity contribution in [3.05, 3.63) is 16.8 Å². The fourth-order valence-electron chi connectivity index (χ4n) is 3.88. The molecule has 2 aliphatic rings. The molecule has 140 valence electrons. The van der Waals surface area contributed by atoms with Gasteiger partial charge in [-0.15, -0.1) is 11.3 Å². The second kappa shape index (κ2) is 7.39. The number of hydrogen-bond acceptors (Lipinski definition) is 6. The first-order valence-electron chi connectivity index (χ1n) is 9.59. The van der Waals surface area contributed by atoms with Gasteiger partial charge in [0, 0.05) is 24.0 Å². The lowest BCUT2D eigenvalue weighted by atomic mass is 9.97. The van der Waals surface area contributed by atoms with Crippen LogP contribution in [0.15, 0.2) is 6.33 Å². The third kappa shape index (κ3) is 3.49. The van der Waals surface area contributed by atoms with Crippen LogP contribution in [-0.2, 0) is 17.6 Å². The van der Waals surface area contributed by atoms with Crippen LogP contribution in [0, 0.1) is 0 Å². The molecule has 1 aliphatic heterocycles. The van der Waals surface area contributed by atoms with Crippen LogP contribution in [0.3, 0.4) is 0 Å². The number of carbonyl (C=O) groups is 1. The van der Waals surface area contributed by atoms with E-state index in [0.717, 1.165) is 43.0 Å². The molecule has 0 radical (unpaired) electrons. The highest BCUT2D eigenvalue weighted by molar-refractivity contribution is 7.19. The molecule has 1 aliphatic carbocycles. The Morgan fingerprint density at radius 3 is 2.81 bits per heavy atom. The number of carbonyl (C=O) groups excluding carboxylic acids is 1. The van der Waals surface area contributed by atoms with Gasteiger partial charge in [0.25, 0.3) is 0 Å².